The maximum atomic E-state index is 17.7. The van der Waals surface area contributed by atoms with Crippen molar-refractivity contribution < 1.29 is 22.0 Å². The first-order valence-electron chi connectivity index (χ1n) is 30.0. The van der Waals surface area contributed by atoms with Crippen LogP contribution in [0.25, 0.3) is 156 Å². The first-order valence-corrected chi connectivity index (χ1v) is 30.0. The summed E-state index contributed by atoms with van der Waals surface area (Å²) in [4.78, 5) is 19.4. The van der Waals surface area contributed by atoms with Gasteiger partial charge in [0.1, 0.15) is 17.2 Å². The van der Waals surface area contributed by atoms with Gasteiger partial charge in [-0.3, -0.25) is 19.9 Å². The van der Waals surface area contributed by atoms with Crippen molar-refractivity contribution in [3.05, 3.63) is 315 Å². The molecule has 0 fully saturated rings. The molecule has 92 heavy (non-hydrogen) atoms. The van der Waals surface area contributed by atoms with Gasteiger partial charge in [-0.2, -0.15) is 13.2 Å². The summed E-state index contributed by atoms with van der Waals surface area (Å²) in [5.74, 6) is -1.78. The standard InChI is InChI=1S/C81H49F5N6/c82-64-37-62(38-65(83)45-64)63-43-78(91-74-39-54(58-25-33-70(87-46-58)50-13-5-1-6-14-50)21-29-66(74)67-30-22-55(40-75(67)91)59-26-34-71(88-47-59)51-15-7-2-8-16-51)80(81(84,85)86)79(44-63)92-76-41-56(60-27-35-72(89-48-60)52-17-9-3-10-18-52)23-31-68(76)69-32-24-57(42-77(69)92)61-28-36-73(90-49-61)53-19-11-4-12-20-53/h1-49H. The smallest absolute Gasteiger partial charge is 0.308 e. The van der Waals surface area contributed by atoms with E-state index in [1.807, 2.05) is 243 Å². The Kier molecular flexibility index (Phi) is 13.6. The molecule has 0 saturated carbocycles. The van der Waals surface area contributed by atoms with E-state index in [0.717, 1.165) is 85.5 Å². The zero-order chi connectivity index (χ0) is 62.0. The summed E-state index contributed by atoms with van der Waals surface area (Å²) < 4.78 is 87.9. The third kappa shape index (κ3) is 10.1. The van der Waals surface area contributed by atoms with Gasteiger partial charge in [0.2, 0.25) is 0 Å². The van der Waals surface area contributed by atoms with Crippen LogP contribution < -0.4 is 0 Å². The predicted octanol–water partition coefficient (Wildman–Crippen LogP) is 21.8. The van der Waals surface area contributed by atoms with E-state index in [0.29, 0.717) is 65.9 Å². The molecule has 0 saturated heterocycles. The fourth-order valence-corrected chi connectivity index (χ4v) is 12.8. The molecule has 0 atom stereocenters. The fourth-order valence-electron chi connectivity index (χ4n) is 12.8. The Balaban J connectivity index is 0.983. The lowest BCUT2D eigenvalue weighted by Gasteiger charge is -2.23. The molecular formula is C81H49F5N6. The number of halogens is 5. The number of pyridine rings is 4. The molecule has 0 aliphatic carbocycles. The van der Waals surface area contributed by atoms with Gasteiger partial charge in [0.15, 0.2) is 0 Å². The fraction of sp³-hybridized carbons (Fsp3) is 0.0123. The van der Waals surface area contributed by atoms with Crippen LogP contribution in [0.4, 0.5) is 22.0 Å². The number of alkyl halides is 3. The molecule has 0 aliphatic heterocycles. The topological polar surface area (TPSA) is 61.4 Å². The summed E-state index contributed by atoms with van der Waals surface area (Å²) in [5.41, 5.74) is 12.9. The van der Waals surface area contributed by atoms with E-state index in [4.69, 9.17) is 19.9 Å². The summed E-state index contributed by atoms with van der Waals surface area (Å²) in [6, 6.07) is 83.8. The summed E-state index contributed by atoms with van der Waals surface area (Å²) in [6.45, 7) is 0. The minimum atomic E-state index is -5.09. The largest absolute Gasteiger partial charge is 0.420 e. The molecule has 0 aliphatic rings. The highest BCUT2D eigenvalue weighted by atomic mass is 19.4. The van der Waals surface area contributed by atoms with E-state index in [-0.39, 0.29) is 22.5 Å². The SMILES string of the molecule is Fc1cc(F)cc(-c2cc(-n3c4cc(-c5ccc(-c6ccccc6)nc5)ccc4c4ccc(-c5ccc(-c6ccccc6)nc5)cc43)c(C(F)(F)F)c(-n3c4cc(-c5ccc(-c6ccccc6)nc5)ccc4c4ccc(-c5ccc(-c6ccccc6)nc5)cc43)c2)c1. The van der Waals surface area contributed by atoms with Gasteiger partial charge in [0.05, 0.1) is 56.2 Å². The van der Waals surface area contributed by atoms with Crippen molar-refractivity contribution in [2.24, 2.45) is 0 Å². The van der Waals surface area contributed by atoms with Gasteiger partial charge in [-0.05, 0) is 106 Å². The molecule has 0 amide bonds. The minimum Gasteiger partial charge on any atom is -0.308 e. The number of fused-ring (bicyclic) bond motifs is 6. The molecule has 10 aromatic carbocycles. The number of nitrogens with zero attached hydrogens (tertiary/aromatic N) is 6. The van der Waals surface area contributed by atoms with Crippen LogP contribution in [0.2, 0.25) is 0 Å². The molecule has 6 nitrogen and oxygen atoms in total. The second-order valence-electron chi connectivity index (χ2n) is 22.8. The van der Waals surface area contributed by atoms with Crippen LogP contribution in [0.5, 0.6) is 0 Å². The van der Waals surface area contributed by atoms with Gasteiger partial charge in [-0.1, -0.05) is 194 Å². The Morgan fingerprint density at radius 3 is 0.750 bits per heavy atom. The highest BCUT2D eigenvalue weighted by molar-refractivity contribution is 6.13. The Labute approximate surface area is 525 Å². The minimum absolute atomic E-state index is 0.0336. The van der Waals surface area contributed by atoms with Crippen molar-refractivity contribution in [3.8, 4) is 112 Å². The third-order valence-electron chi connectivity index (χ3n) is 17.3. The molecule has 6 heterocycles. The molecule has 16 aromatic rings. The van der Waals surface area contributed by atoms with Crippen LogP contribution in [0, 0.1) is 11.6 Å². The van der Waals surface area contributed by atoms with Gasteiger partial charge in [0.25, 0.3) is 0 Å². The van der Waals surface area contributed by atoms with Gasteiger partial charge in [-0.15, -0.1) is 0 Å². The lowest BCUT2D eigenvalue weighted by molar-refractivity contribution is -0.137. The van der Waals surface area contributed by atoms with E-state index in [1.165, 1.54) is 12.1 Å². The third-order valence-corrected chi connectivity index (χ3v) is 17.3. The molecule has 11 heteroatoms. The van der Waals surface area contributed by atoms with Crippen molar-refractivity contribution in [3.63, 3.8) is 0 Å². The molecule has 0 unspecified atom stereocenters. The van der Waals surface area contributed by atoms with E-state index in [2.05, 4.69) is 0 Å². The summed E-state index contributed by atoms with van der Waals surface area (Å²) in [7, 11) is 0. The van der Waals surface area contributed by atoms with Crippen molar-refractivity contribution in [2.45, 2.75) is 6.18 Å². The number of aromatic nitrogens is 6. The second-order valence-corrected chi connectivity index (χ2v) is 22.8. The van der Waals surface area contributed by atoms with Crippen molar-refractivity contribution in [1.82, 2.24) is 29.1 Å². The molecule has 0 radical (unpaired) electrons. The zero-order valence-corrected chi connectivity index (χ0v) is 48.9. The number of benzene rings is 10. The van der Waals surface area contributed by atoms with Crippen molar-refractivity contribution in [1.29, 1.82) is 0 Å². The molecule has 438 valence electrons. The van der Waals surface area contributed by atoms with Gasteiger partial charge in [-0.25, -0.2) is 8.78 Å². The van der Waals surface area contributed by atoms with Crippen molar-refractivity contribution in [2.75, 3.05) is 0 Å². The van der Waals surface area contributed by atoms with Gasteiger partial charge < -0.3 is 9.13 Å². The predicted molar refractivity (Wildman–Crippen MR) is 360 cm³/mol. The summed E-state index contributed by atoms with van der Waals surface area (Å²) >= 11 is 0. The average molecular weight is 1200 g/mol. The molecule has 6 aromatic heterocycles. The quantitative estimate of drug-likeness (QED) is 0.121. The Morgan fingerprint density at radius 1 is 0.239 bits per heavy atom. The molecule has 0 N–H and O–H groups in total. The van der Waals surface area contributed by atoms with Crippen molar-refractivity contribution >= 4 is 43.6 Å². The maximum Gasteiger partial charge on any atom is 0.420 e. The van der Waals surface area contributed by atoms with Crippen LogP contribution in [-0.4, -0.2) is 29.1 Å². The van der Waals surface area contributed by atoms with Crippen LogP contribution in [0.15, 0.2) is 298 Å². The maximum absolute atomic E-state index is 17.7. The number of hydrogen-bond acceptors (Lipinski definition) is 4. The summed E-state index contributed by atoms with van der Waals surface area (Å²) in [5, 5.41) is 2.68. The normalized spacial score (nSPS) is 11.8. The van der Waals surface area contributed by atoms with E-state index in [1.54, 1.807) is 33.9 Å². The van der Waals surface area contributed by atoms with E-state index in [9.17, 15) is 0 Å². The lowest BCUT2D eigenvalue weighted by atomic mass is 9.98. The van der Waals surface area contributed by atoms with Crippen LogP contribution in [0.3, 0.4) is 0 Å². The van der Waals surface area contributed by atoms with Crippen LogP contribution in [-0.2, 0) is 6.18 Å². The molecule has 0 bridgehead atoms. The first-order chi connectivity index (χ1) is 45.0. The Bertz CT molecular complexity index is 4850. The zero-order valence-electron chi connectivity index (χ0n) is 48.9. The molecule has 16 rings (SSSR count). The number of hydrogen-bond donors (Lipinski definition) is 0. The van der Waals surface area contributed by atoms with E-state index < -0.39 is 23.4 Å². The summed E-state index contributed by atoms with van der Waals surface area (Å²) in [6.07, 6.45) is 1.99. The van der Waals surface area contributed by atoms with Gasteiger partial charge in [0, 0.05) is 96.9 Å². The van der Waals surface area contributed by atoms with E-state index >= 15 is 22.0 Å². The monoisotopic (exact) mass is 1200 g/mol. The first kappa shape index (κ1) is 55.4. The Morgan fingerprint density at radius 2 is 0.500 bits per heavy atom. The Hall–Kier alpha value is -12.0. The van der Waals surface area contributed by atoms with Gasteiger partial charge >= 0.3 is 6.18 Å². The number of rotatable bonds is 11. The van der Waals surface area contributed by atoms with Crippen LogP contribution >= 0.6 is 0 Å². The van der Waals surface area contributed by atoms with Crippen LogP contribution in [0.1, 0.15) is 5.56 Å². The molecule has 0 spiro atoms. The average Bonchev–Trinajstić information content (AvgIpc) is 1.55. The molecular weight excluding hydrogens is 1150 g/mol. The highest BCUT2D eigenvalue weighted by Crippen LogP contribution is 2.48. The highest BCUT2D eigenvalue weighted by Gasteiger charge is 2.40. The second kappa shape index (κ2) is 22.6. The lowest BCUT2D eigenvalue weighted by Crippen LogP contribution is -2.16.